The van der Waals surface area contributed by atoms with Crippen LogP contribution in [0.5, 0.6) is 0 Å². The van der Waals surface area contributed by atoms with Crippen LogP contribution in [0, 0.1) is 0 Å². The summed E-state index contributed by atoms with van der Waals surface area (Å²) in [6.07, 6.45) is 4.33. The molecule has 1 amide bonds. The Kier molecular flexibility index (Phi) is 6.02. The number of amides is 1. The summed E-state index contributed by atoms with van der Waals surface area (Å²) in [6.45, 7) is 1.68. The van der Waals surface area contributed by atoms with Gasteiger partial charge in [-0.05, 0) is 17.8 Å². The van der Waals surface area contributed by atoms with Crippen molar-refractivity contribution >= 4 is 19.4 Å². The van der Waals surface area contributed by atoms with E-state index in [1.165, 1.54) is 17.1 Å². The second-order valence-corrected chi connectivity index (χ2v) is 8.41. The molecular formula is C22H20N5O3P. The highest BCUT2D eigenvalue weighted by Crippen LogP contribution is 2.23. The van der Waals surface area contributed by atoms with Crippen molar-refractivity contribution in [3.63, 3.8) is 0 Å². The predicted molar refractivity (Wildman–Crippen MR) is 119 cm³/mol. The lowest BCUT2D eigenvalue weighted by Gasteiger charge is -2.19. The van der Waals surface area contributed by atoms with E-state index in [0.29, 0.717) is 5.30 Å². The summed E-state index contributed by atoms with van der Waals surface area (Å²) < 4.78 is 1.35. The lowest BCUT2D eigenvalue weighted by molar-refractivity contribution is 0.0941. The van der Waals surface area contributed by atoms with Crippen LogP contribution in [-0.2, 0) is 0 Å². The van der Waals surface area contributed by atoms with Crippen LogP contribution in [0.2, 0.25) is 0 Å². The number of aromatic nitrogens is 4. The smallest absolute Gasteiger partial charge is 0.265 e. The van der Waals surface area contributed by atoms with E-state index in [9.17, 15) is 14.5 Å². The molecule has 4 rings (SSSR count). The summed E-state index contributed by atoms with van der Waals surface area (Å²) >= 11 is 0. The van der Waals surface area contributed by atoms with Crippen molar-refractivity contribution in [2.45, 2.75) is 6.04 Å². The molecule has 1 unspecified atom stereocenters. The van der Waals surface area contributed by atoms with Crippen molar-refractivity contribution in [3.05, 3.63) is 106 Å². The Morgan fingerprint density at radius 2 is 1.68 bits per heavy atom. The Labute approximate surface area is 179 Å². The van der Waals surface area contributed by atoms with Crippen LogP contribution < -0.4 is 16.2 Å². The van der Waals surface area contributed by atoms with E-state index in [1.54, 1.807) is 12.9 Å². The Bertz CT molecular complexity index is 1200. The van der Waals surface area contributed by atoms with Crippen molar-refractivity contribution in [3.8, 4) is 5.95 Å². The van der Waals surface area contributed by atoms with Gasteiger partial charge in [-0.25, -0.2) is 9.67 Å². The van der Waals surface area contributed by atoms with Crippen molar-refractivity contribution in [2.24, 2.45) is 0 Å². The second-order valence-electron chi connectivity index (χ2n) is 6.84. The number of hydrogen-bond acceptors (Lipinski definition) is 5. The van der Waals surface area contributed by atoms with Gasteiger partial charge < -0.3 is 10.2 Å². The van der Waals surface area contributed by atoms with E-state index in [4.69, 9.17) is 0 Å². The van der Waals surface area contributed by atoms with Crippen LogP contribution in [-0.4, -0.2) is 37.2 Å². The van der Waals surface area contributed by atoms with Crippen LogP contribution in [0.4, 0.5) is 0 Å². The minimum absolute atomic E-state index is 0.104. The standard InChI is InChI=1S/C22H20N5O3P/c1-31(30)17-12-24-27(14-17)22-23-13-18(21(29)26-22)20(28)25-19(15-8-4-2-5-9-15)16-10-6-3-7-11-16/h2-14,19,30H,1H3,(H,25,28)(H,23,26,29). The maximum atomic E-state index is 12.9. The molecule has 2 aromatic carbocycles. The molecule has 0 aliphatic heterocycles. The molecule has 2 aromatic heterocycles. The Morgan fingerprint density at radius 1 is 1.06 bits per heavy atom. The van der Waals surface area contributed by atoms with Crippen LogP contribution in [0.25, 0.3) is 5.95 Å². The fourth-order valence-corrected chi connectivity index (χ4v) is 3.61. The van der Waals surface area contributed by atoms with Gasteiger partial charge in [0.05, 0.1) is 20.4 Å². The highest BCUT2D eigenvalue weighted by atomic mass is 31.1. The lowest BCUT2D eigenvalue weighted by atomic mass is 9.98. The van der Waals surface area contributed by atoms with Crippen molar-refractivity contribution < 1.29 is 9.69 Å². The third-order valence-corrected chi connectivity index (χ3v) is 5.71. The number of nitrogens with zero attached hydrogens (tertiary/aromatic N) is 3. The molecule has 0 saturated heterocycles. The van der Waals surface area contributed by atoms with E-state index in [1.807, 2.05) is 60.7 Å². The highest BCUT2D eigenvalue weighted by molar-refractivity contribution is 7.59. The third-order valence-electron chi connectivity index (χ3n) is 4.73. The maximum Gasteiger partial charge on any atom is 0.265 e. The first-order chi connectivity index (χ1) is 15.0. The topological polar surface area (TPSA) is 113 Å². The molecule has 156 valence electrons. The predicted octanol–water partition coefficient (Wildman–Crippen LogP) is 2.12. The number of aromatic amines is 1. The highest BCUT2D eigenvalue weighted by Gasteiger charge is 2.20. The first-order valence-electron chi connectivity index (χ1n) is 9.50. The van der Waals surface area contributed by atoms with Crippen LogP contribution in [0.15, 0.2) is 84.0 Å². The zero-order valence-electron chi connectivity index (χ0n) is 16.6. The molecule has 0 aliphatic carbocycles. The second kappa shape index (κ2) is 9.04. The minimum atomic E-state index is -1.31. The van der Waals surface area contributed by atoms with Gasteiger partial charge in [-0.3, -0.25) is 14.6 Å². The summed E-state index contributed by atoms with van der Waals surface area (Å²) in [5.41, 5.74) is 1.11. The number of benzene rings is 2. The van der Waals surface area contributed by atoms with Gasteiger partial charge in [-0.2, -0.15) is 5.10 Å². The summed E-state index contributed by atoms with van der Waals surface area (Å²) in [6, 6.07) is 18.6. The number of carbonyl (C=O) groups is 1. The van der Waals surface area contributed by atoms with Gasteiger partial charge in [0.1, 0.15) is 5.56 Å². The average Bonchev–Trinajstić information content (AvgIpc) is 3.29. The zero-order valence-corrected chi connectivity index (χ0v) is 17.5. The van der Waals surface area contributed by atoms with Gasteiger partial charge in [0.25, 0.3) is 11.5 Å². The number of hydrogen-bond donors (Lipinski definition) is 3. The Hall–Kier alpha value is -3.61. The maximum absolute atomic E-state index is 12.9. The van der Waals surface area contributed by atoms with Crippen LogP contribution >= 0.6 is 8.15 Å². The van der Waals surface area contributed by atoms with Gasteiger partial charge in [0, 0.05) is 17.7 Å². The molecule has 0 fully saturated rings. The summed E-state index contributed by atoms with van der Waals surface area (Å²) in [5, 5.41) is 7.67. The van der Waals surface area contributed by atoms with E-state index < -0.39 is 25.7 Å². The number of nitrogens with one attached hydrogen (secondary N) is 2. The van der Waals surface area contributed by atoms with Crippen molar-refractivity contribution in [1.82, 2.24) is 25.1 Å². The van der Waals surface area contributed by atoms with E-state index in [0.717, 1.165) is 11.1 Å². The molecule has 0 bridgehead atoms. The van der Waals surface area contributed by atoms with Gasteiger partial charge in [0.2, 0.25) is 5.95 Å². The normalized spacial score (nSPS) is 12.0. The Balaban J connectivity index is 1.61. The summed E-state index contributed by atoms with van der Waals surface area (Å²) in [5.74, 6) is -0.376. The SMILES string of the molecule is CP(O)c1cnn(-c2ncc(C(=O)NC(c3ccccc3)c3ccccc3)c(=O)[nH]2)c1. The van der Waals surface area contributed by atoms with Crippen molar-refractivity contribution in [1.29, 1.82) is 0 Å². The third kappa shape index (κ3) is 4.60. The molecule has 9 heteroatoms. The molecule has 1 atom stereocenters. The molecule has 0 radical (unpaired) electrons. The monoisotopic (exact) mass is 433 g/mol. The molecule has 2 heterocycles. The van der Waals surface area contributed by atoms with Gasteiger partial charge in [0.15, 0.2) is 0 Å². The first-order valence-corrected chi connectivity index (χ1v) is 11.2. The summed E-state index contributed by atoms with van der Waals surface area (Å²) in [4.78, 5) is 42.0. The van der Waals surface area contributed by atoms with E-state index >= 15 is 0 Å². The summed E-state index contributed by atoms with van der Waals surface area (Å²) in [7, 11) is -1.31. The quantitative estimate of drug-likeness (QED) is 0.403. The molecule has 3 N–H and O–H groups in total. The first kappa shape index (κ1) is 20.7. The number of carbonyl (C=O) groups excluding carboxylic acids is 1. The molecule has 0 aliphatic rings. The van der Waals surface area contributed by atoms with Gasteiger partial charge in [-0.15, -0.1) is 0 Å². The minimum Gasteiger partial charge on any atom is -0.369 e. The van der Waals surface area contributed by atoms with E-state index in [2.05, 4.69) is 20.4 Å². The molecular weight excluding hydrogens is 413 g/mol. The average molecular weight is 433 g/mol. The number of rotatable bonds is 6. The number of H-pyrrole nitrogens is 1. The largest absolute Gasteiger partial charge is 0.369 e. The Morgan fingerprint density at radius 3 is 2.19 bits per heavy atom. The fraction of sp³-hybridized carbons (Fsp3) is 0.0909. The fourth-order valence-electron chi connectivity index (χ4n) is 3.12. The van der Waals surface area contributed by atoms with Gasteiger partial charge >= 0.3 is 0 Å². The molecule has 0 spiro atoms. The van der Waals surface area contributed by atoms with Crippen LogP contribution in [0.1, 0.15) is 27.5 Å². The molecule has 4 aromatic rings. The molecule has 0 saturated carbocycles. The molecule has 31 heavy (non-hydrogen) atoms. The van der Waals surface area contributed by atoms with Gasteiger partial charge in [-0.1, -0.05) is 60.7 Å². The van der Waals surface area contributed by atoms with E-state index in [-0.39, 0.29) is 11.5 Å². The molecule has 8 nitrogen and oxygen atoms in total. The van der Waals surface area contributed by atoms with Crippen molar-refractivity contribution in [2.75, 3.05) is 6.66 Å². The zero-order chi connectivity index (χ0) is 21.8. The lowest BCUT2D eigenvalue weighted by Crippen LogP contribution is -2.34. The van der Waals surface area contributed by atoms with Crippen LogP contribution in [0.3, 0.4) is 0 Å².